The average Bonchev–Trinajstić information content (AvgIpc) is 2.59. The van der Waals surface area contributed by atoms with Gasteiger partial charge in [-0.3, -0.25) is 0 Å². The molecule has 1 aliphatic carbocycles. The highest BCUT2D eigenvalue weighted by Gasteiger charge is 2.33. The molecule has 1 saturated carbocycles. The molecule has 0 atom stereocenters. The summed E-state index contributed by atoms with van der Waals surface area (Å²) in [5.74, 6) is 0. The summed E-state index contributed by atoms with van der Waals surface area (Å²) in [6.45, 7) is 0. The van der Waals surface area contributed by atoms with Gasteiger partial charge in [0.15, 0.2) is 0 Å². The first-order valence-electron chi connectivity index (χ1n) is 6.56. The van der Waals surface area contributed by atoms with E-state index in [9.17, 15) is 13.2 Å². The lowest BCUT2D eigenvalue weighted by molar-refractivity contribution is -0.141. The summed E-state index contributed by atoms with van der Waals surface area (Å²) >= 11 is 0. The second-order valence-electron chi connectivity index (χ2n) is 4.99. The predicted octanol–water partition coefficient (Wildman–Crippen LogP) is 3.82. The summed E-state index contributed by atoms with van der Waals surface area (Å²) in [4.78, 5) is 3.33. The molecule has 6 heteroatoms. The largest absolute Gasteiger partial charge is 0.433 e. The molecule has 0 bridgehead atoms. The number of pyridine rings is 1. The van der Waals surface area contributed by atoms with Gasteiger partial charge in [0.2, 0.25) is 0 Å². The van der Waals surface area contributed by atoms with E-state index in [0.29, 0.717) is 5.69 Å². The van der Waals surface area contributed by atoms with Crippen molar-refractivity contribution >= 4 is 11.4 Å². The molecule has 1 aromatic rings. The first-order valence-corrected chi connectivity index (χ1v) is 6.56. The molecule has 0 radical (unpaired) electrons. The van der Waals surface area contributed by atoms with E-state index in [0.717, 1.165) is 37.9 Å². The van der Waals surface area contributed by atoms with Gasteiger partial charge in [-0.05, 0) is 18.9 Å². The number of nitrogen functional groups attached to an aromatic ring is 1. The lowest BCUT2D eigenvalue weighted by Crippen LogP contribution is -2.20. The van der Waals surface area contributed by atoms with Crippen LogP contribution in [0.25, 0.3) is 0 Å². The van der Waals surface area contributed by atoms with Crippen molar-refractivity contribution in [2.75, 3.05) is 11.1 Å². The second-order valence-corrected chi connectivity index (χ2v) is 4.99. The van der Waals surface area contributed by atoms with Gasteiger partial charge in [-0.1, -0.05) is 25.7 Å². The zero-order chi connectivity index (χ0) is 13.9. The molecular weight excluding hydrogens is 255 g/mol. The number of nitrogens with zero attached hydrogens (tertiary/aromatic N) is 1. The molecule has 1 aromatic heterocycles. The molecule has 1 heterocycles. The Balaban J connectivity index is 2.14. The second kappa shape index (κ2) is 5.67. The van der Waals surface area contributed by atoms with Gasteiger partial charge in [0.05, 0.1) is 17.6 Å². The number of nitrogens with two attached hydrogens (primary N) is 1. The van der Waals surface area contributed by atoms with Crippen LogP contribution in [0.5, 0.6) is 0 Å². The standard InChI is InChI=1S/C13H18F3N3/c14-13(15,16)12-7-11(10(17)8-18-12)19-9-5-3-1-2-4-6-9/h7-9H,1-6,17H2,(H,18,19). The maximum atomic E-state index is 12.6. The Morgan fingerprint density at radius 1 is 1.16 bits per heavy atom. The van der Waals surface area contributed by atoms with Crippen molar-refractivity contribution in [3.63, 3.8) is 0 Å². The predicted molar refractivity (Wildman–Crippen MR) is 68.8 cm³/mol. The summed E-state index contributed by atoms with van der Waals surface area (Å²) in [6, 6.07) is 1.20. The Hall–Kier alpha value is -1.46. The highest BCUT2D eigenvalue weighted by atomic mass is 19.4. The molecule has 3 nitrogen and oxygen atoms in total. The molecule has 106 valence electrons. The fourth-order valence-electron chi connectivity index (χ4n) is 2.39. The number of halogens is 3. The van der Waals surface area contributed by atoms with E-state index in [-0.39, 0.29) is 11.7 Å². The quantitative estimate of drug-likeness (QED) is 0.805. The van der Waals surface area contributed by atoms with Crippen LogP contribution in [0.15, 0.2) is 12.3 Å². The number of rotatable bonds is 2. The molecule has 0 saturated heterocycles. The minimum absolute atomic E-state index is 0.202. The zero-order valence-corrected chi connectivity index (χ0v) is 10.6. The van der Waals surface area contributed by atoms with Crippen molar-refractivity contribution in [3.8, 4) is 0 Å². The van der Waals surface area contributed by atoms with Crippen LogP contribution >= 0.6 is 0 Å². The van der Waals surface area contributed by atoms with Gasteiger partial charge in [0.25, 0.3) is 0 Å². The van der Waals surface area contributed by atoms with Crippen LogP contribution in [0, 0.1) is 0 Å². The third kappa shape index (κ3) is 3.75. The highest BCUT2D eigenvalue weighted by molar-refractivity contribution is 5.65. The smallest absolute Gasteiger partial charge is 0.396 e. The third-order valence-electron chi connectivity index (χ3n) is 3.44. The van der Waals surface area contributed by atoms with Crippen LogP contribution < -0.4 is 11.1 Å². The first-order chi connectivity index (χ1) is 8.97. The lowest BCUT2D eigenvalue weighted by Gasteiger charge is -2.19. The molecular formula is C13H18F3N3. The summed E-state index contributed by atoms with van der Waals surface area (Å²) < 4.78 is 37.8. The SMILES string of the molecule is Nc1cnc(C(F)(F)F)cc1NC1CCCCCC1. The van der Waals surface area contributed by atoms with Gasteiger partial charge in [0.1, 0.15) is 5.69 Å². The van der Waals surface area contributed by atoms with Gasteiger partial charge < -0.3 is 11.1 Å². The Morgan fingerprint density at radius 2 is 1.79 bits per heavy atom. The van der Waals surface area contributed by atoms with Crippen molar-refractivity contribution in [2.45, 2.75) is 50.7 Å². The molecule has 3 N–H and O–H groups in total. The molecule has 0 spiro atoms. The van der Waals surface area contributed by atoms with Crippen molar-refractivity contribution in [1.29, 1.82) is 0 Å². The summed E-state index contributed by atoms with van der Waals surface area (Å²) in [6.07, 6.45) is 3.18. The van der Waals surface area contributed by atoms with Gasteiger partial charge in [-0.15, -0.1) is 0 Å². The van der Waals surface area contributed by atoms with Gasteiger partial charge >= 0.3 is 6.18 Å². The number of nitrogens with one attached hydrogen (secondary N) is 1. The Labute approximate surface area is 110 Å². The molecule has 1 aliphatic rings. The number of aromatic nitrogens is 1. The number of alkyl halides is 3. The first kappa shape index (κ1) is 14.0. The molecule has 0 aromatic carbocycles. The lowest BCUT2D eigenvalue weighted by atomic mass is 10.1. The van der Waals surface area contributed by atoms with Crippen LogP contribution in [0.4, 0.5) is 24.5 Å². The van der Waals surface area contributed by atoms with E-state index in [4.69, 9.17) is 5.73 Å². The molecule has 0 aliphatic heterocycles. The van der Waals surface area contributed by atoms with E-state index in [1.165, 1.54) is 12.8 Å². The molecule has 0 unspecified atom stereocenters. The molecule has 0 amide bonds. The van der Waals surface area contributed by atoms with Crippen LogP contribution in [-0.2, 0) is 6.18 Å². The van der Waals surface area contributed by atoms with Gasteiger partial charge in [-0.2, -0.15) is 13.2 Å². The average molecular weight is 273 g/mol. The van der Waals surface area contributed by atoms with Crippen molar-refractivity contribution in [3.05, 3.63) is 18.0 Å². The third-order valence-corrected chi connectivity index (χ3v) is 3.44. The molecule has 19 heavy (non-hydrogen) atoms. The van der Waals surface area contributed by atoms with Crippen molar-refractivity contribution < 1.29 is 13.2 Å². The Morgan fingerprint density at radius 3 is 2.37 bits per heavy atom. The topological polar surface area (TPSA) is 50.9 Å². The van der Waals surface area contributed by atoms with Crippen LogP contribution in [0.2, 0.25) is 0 Å². The normalized spacial score (nSPS) is 18.1. The van der Waals surface area contributed by atoms with Crippen LogP contribution in [0.1, 0.15) is 44.2 Å². The zero-order valence-electron chi connectivity index (χ0n) is 10.6. The summed E-state index contributed by atoms with van der Waals surface area (Å²) in [7, 11) is 0. The summed E-state index contributed by atoms with van der Waals surface area (Å²) in [5.41, 5.74) is 5.40. The molecule has 1 fully saturated rings. The van der Waals surface area contributed by atoms with E-state index in [1.54, 1.807) is 0 Å². The number of hydrogen-bond donors (Lipinski definition) is 2. The van der Waals surface area contributed by atoms with E-state index >= 15 is 0 Å². The van der Waals surface area contributed by atoms with Crippen LogP contribution in [0.3, 0.4) is 0 Å². The monoisotopic (exact) mass is 273 g/mol. The minimum Gasteiger partial charge on any atom is -0.396 e. The fraction of sp³-hybridized carbons (Fsp3) is 0.615. The number of anilines is 2. The number of hydrogen-bond acceptors (Lipinski definition) is 3. The van der Waals surface area contributed by atoms with Gasteiger partial charge in [0, 0.05) is 6.04 Å². The Kier molecular flexibility index (Phi) is 4.17. The van der Waals surface area contributed by atoms with Crippen LogP contribution in [-0.4, -0.2) is 11.0 Å². The molecule has 2 rings (SSSR count). The fourth-order valence-corrected chi connectivity index (χ4v) is 2.39. The van der Waals surface area contributed by atoms with E-state index in [2.05, 4.69) is 10.3 Å². The van der Waals surface area contributed by atoms with E-state index < -0.39 is 11.9 Å². The minimum atomic E-state index is -4.44. The van der Waals surface area contributed by atoms with Crippen molar-refractivity contribution in [2.24, 2.45) is 0 Å². The van der Waals surface area contributed by atoms with Gasteiger partial charge in [-0.25, -0.2) is 4.98 Å². The van der Waals surface area contributed by atoms with Crippen molar-refractivity contribution in [1.82, 2.24) is 4.98 Å². The maximum Gasteiger partial charge on any atom is 0.433 e. The Bertz CT molecular complexity index is 424. The summed E-state index contributed by atoms with van der Waals surface area (Å²) in [5, 5.41) is 3.14. The van der Waals surface area contributed by atoms with E-state index in [1.807, 2.05) is 0 Å². The maximum absolute atomic E-state index is 12.6. The highest BCUT2D eigenvalue weighted by Crippen LogP contribution is 2.32.